The van der Waals surface area contributed by atoms with E-state index in [0.717, 1.165) is 24.8 Å². The maximum absolute atomic E-state index is 12.7. The Morgan fingerprint density at radius 1 is 1.19 bits per heavy atom. The van der Waals surface area contributed by atoms with Gasteiger partial charge in [0.1, 0.15) is 6.10 Å². The maximum Gasteiger partial charge on any atom is 0.311 e. The van der Waals surface area contributed by atoms with Gasteiger partial charge in [0.25, 0.3) is 0 Å². The minimum atomic E-state index is -0.561. The summed E-state index contributed by atoms with van der Waals surface area (Å²) in [6.07, 6.45) is 3.19. The van der Waals surface area contributed by atoms with Crippen LogP contribution in [0, 0.1) is 11.3 Å². The lowest BCUT2D eigenvalue weighted by atomic mass is 9.49. The van der Waals surface area contributed by atoms with E-state index in [1.165, 1.54) is 25.2 Å². The molecule has 0 aromatic heterocycles. The zero-order valence-corrected chi connectivity index (χ0v) is 17.4. The van der Waals surface area contributed by atoms with Crippen LogP contribution in [0.4, 0.5) is 0 Å². The van der Waals surface area contributed by atoms with E-state index in [-0.39, 0.29) is 29.4 Å². The van der Waals surface area contributed by atoms with Crippen molar-refractivity contribution in [1.82, 2.24) is 0 Å². The van der Waals surface area contributed by atoms with Gasteiger partial charge in [-0.25, -0.2) is 0 Å². The Balaban J connectivity index is 2.16. The second-order valence-corrected chi connectivity index (χ2v) is 9.07. The summed E-state index contributed by atoms with van der Waals surface area (Å²) in [6, 6.07) is 6.60. The van der Waals surface area contributed by atoms with Gasteiger partial charge < -0.3 is 9.47 Å². The van der Waals surface area contributed by atoms with E-state index >= 15 is 0 Å². The third-order valence-electron chi connectivity index (χ3n) is 7.04. The number of benzene rings is 1. The Hall–Kier alpha value is -1.84. The lowest BCUT2D eigenvalue weighted by Gasteiger charge is -2.55. The van der Waals surface area contributed by atoms with E-state index in [9.17, 15) is 9.59 Å². The molecule has 0 heterocycles. The quantitative estimate of drug-likeness (QED) is 0.696. The highest BCUT2D eigenvalue weighted by atomic mass is 16.5. The van der Waals surface area contributed by atoms with Gasteiger partial charge in [-0.2, -0.15) is 0 Å². The van der Waals surface area contributed by atoms with Crippen molar-refractivity contribution in [2.75, 3.05) is 7.11 Å². The van der Waals surface area contributed by atoms with Gasteiger partial charge in [-0.3, -0.25) is 9.59 Å². The lowest BCUT2D eigenvalue weighted by molar-refractivity contribution is -0.165. The van der Waals surface area contributed by atoms with Gasteiger partial charge in [0.05, 0.1) is 12.5 Å². The number of hydrogen-bond acceptors (Lipinski definition) is 4. The Bertz CT molecular complexity index is 753. The number of fused-ring (bicyclic) bond motifs is 3. The Labute approximate surface area is 162 Å². The highest BCUT2D eigenvalue weighted by Crippen LogP contribution is 2.60. The summed E-state index contributed by atoms with van der Waals surface area (Å²) in [5, 5.41) is 0. The molecule has 0 radical (unpaired) electrons. The molecule has 4 heteroatoms. The SMILES string of the molecule is COC(=O)[C@@]1(C)CCC[C@@]2(C)c3ccc(C(C)C)cc3[C@H](OC(C)=O)C[C@@H]21. The van der Waals surface area contributed by atoms with Crippen LogP contribution in [0.15, 0.2) is 18.2 Å². The number of hydrogen-bond donors (Lipinski definition) is 0. The fraction of sp³-hybridized carbons (Fsp3) is 0.652. The minimum absolute atomic E-state index is 0.0768. The van der Waals surface area contributed by atoms with E-state index in [0.29, 0.717) is 12.3 Å². The van der Waals surface area contributed by atoms with Crippen LogP contribution in [0.25, 0.3) is 0 Å². The summed E-state index contributed by atoms with van der Waals surface area (Å²) in [4.78, 5) is 24.6. The number of ether oxygens (including phenoxy) is 2. The van der Waals surface area contributed by atoms with Crippen molar-refractivity contribution in [1.29, 1.82) is 0 Å². The molecular weight excluding hydrogens is 340 g/mol. The first-order valence-electron chi connectivity index (χ1n) is 10.0. The van der Waals surface area contributed by atoms with Crippen molar-refractivity contribution in [2.24, 2.45) is 11.3 Å². The van der Waals surface area contributed by atoms with Crippen LogP contribution in [-0.4, -0.2) is 19.0 Å². The van der Waals surface area contributed by atoms with E-state index in [1.807, 2.05) is 6.92 Å². The summed E-state index contributed by atoms with van der Waals surface area (Å²) in [5.41, 5.74) is 2.91. The van der Waals surface area contributed by atoms with Crippen molar-refractivity contribution in [3.05, 3.63) is 34.9 Å². The molecule has 2 aliphatic rings. The molecule has 4 atom stereocenters. The molecule has 1 aromatic carbocycles. The second kappa shape index (κ2) is 6.96. The first-order chi connectivity index (χ1) is 12.6. The van der Waals surface area contributed by atoms with E-state index in [2.05, 4.69) is 39.0 Å². The molecule has 4 nitrogen and oxygen atoms in total. The molecular formula is C23H32O4. The molecule has 148 valence electrons. The van der Waals surface area contributed by atoms with Gasteiger partial charge in [0.15, 0.2) is 0 Å². The van der Waals surface area contributed by atoms with Crippen LogP contribution in [0.5, 0.6) is 0 Å². The zero-order chi connectivity index (χ0) is 20.0. The molecule has 0 N–H and O–H groups in total. The van der Waals surface area contributed by atoms with Crippen LogP contribution < -0.4 is 0 Å². The van der Waals surface area contributed by atoms with Crippen LogP contribution in [0.3, 0.4) is 0 Å². The molecule has 0 amide bonds. The largest absolute Gasteiger partial charge is 0.469 e. The first-order valence-corrected chi connectivity index (χ1v) is 10.0. The Morgan fingerprint density at radius 3 is 2.48 bits per heavy atom. The molecule has 2 aliphatic carbocycles. The highest BCUT2D eigenvalue weighted by molar-refractivity contribution is 5.77. The number of carbonyl (C=O) groups is 2. The molecule has 1 fully saturated rings. The van der Waals surface area contributed by atoms with Crippen LogP contribution in [0.2, 0.25) is 0 Å². The van der Waals surface area contributed by atoms with Gasteiger partial charge in [0, 0.05) is 6.92 Å². The van der Waals surface area contributed by atoms with Gasteiger partial charge in [-0.1, -0.05) is 45.4 Å². The van der Waals surface area contributed by atoms with Gasteiger partial charge in [0.2, 0.25) is 0 Å². The molecule has 27 heavy (non-hydrogen) atoms. The maximum atomic E-state index is 12.7. The van der Waals surface area contributed by atoms with E-state index in [4.69, 9.17) is 9.47 Å². The predicted molar refractivity (Wildman–Crippen MR) is 104 cm³/mol. The Kier molecular flexibility index (Phi) is 5.13. The van der Waals surface area contributed by atoms with E-state index < -0.39 is 5.41 Å². The fourth-order valence-corrected chi connectivity index (χ4v) is 5.57. The number of esters is 2. The normalized spacial score (nSPS) is 32.4. The summed E-state index contributed by atoms with van der Waals surface area (Å²) in [5.74, 6) is 0.0563. The van der Waals surface area contributed by atoms with Crippen LogP contribution in [0.1, 0.15) is 89.0 Å². The molecule has 3 rings (SSSR count). The number of carbonyl (C=O) groups excluding carboxylic acids is 2. The molecule has 1 saturated carbocycles. The van der Waals surface area contributed by atoms with Gasteiger partial charge in [-0.05, 0) is 60.1 Å². The molecule has 0 bridgehead atoms. The summed E-state index contributed by atoms with van der Waals surface area (Å²) in [7, 11) is 1.47. The van der Waals surface area contributed by atoms with Gasteiger partial charge >= 0.3 is 11.9 Å². The lowest BCUT2D eigenvalue weighted by Crippen LogP contribution is -2.53. The monoisotopic (exact) mass is 372 g/mol. The first kappa shape index (κ1) is 19.9. The molecule has 1 aromatic rings. The van der Waals surface area contributed by atoms with Crippen molar-refractivity contribution >= 4 is 11.9 Å². The van der Waals surface area contributed by atoms with Crippen molar-refractivity contribution in [3.8, 4) is 0 Å². The summed E-state index contributed by atoms with van der Waals surface area (Å²) >= 11 is 0. The number of methoxy groups -OCH3 is 1. The average Bonchev–Trinajstić information content (AvgIpc) is 2.61. The topological polar surface area (TPSA) is 52.6 Å². The van der Waals surface area contributed by atoms with Gasteiger partial charge in [-0.15, -0.1) is 0 Å². The third-order valence-corrected chi connectivity index (χ3v) is 7.04. The van der Waals surface area contributed by atoms with Crippen molar-refractivity contribution in [3.63, 3.8) is 0 Å². The predicted octanol–water partition coefficient (Wildman–Crippen LogP) is 5.06. The molecule has 0 unspecified atom stereocenters. The second-order valence-electron chi connectivity index (χ2n) is 9.07. The summed E-state index contributed by atoms with van der Waals surface area (Å²) < 4.78 is 11.0. The summed E-state index contributed by atoms with van der Waals surface area (Å²) in [6.45, 7) is 10.1. The zero-order valence-electron chi connectivity index (χ0n) is 17.4. The minimum Gasteiger partial charge on any atom is -0.469 e. The molecule has 0 aliphatic heterocycles. The van der Waals surface area contributed by atoms with E-state index in [1.54, 1.807) is 0 Å². The average molecular weight is 373 g/mol. The number of rotatable bonds is 3. The molecule has 0 saturated heterocycles. The van der Waals surface area contributed by atoms with Crippen molar-refractivity contribution in [2.45, 2.75) is 77.7 Å². The fourth-order valence-electron chi connectivity index (χ4n) is 5.57. The van der Waals surface area contributed by atoms with Crippen LogP contribution >= 0.6 is 0 Å². The molecule has 0 spiro atoms. The third kappa shape index (κ3) is 3.17. The standard InChI is InChI=1S/C23H32O4/c1-14(2)16-8-9-18-17(12-16)19(27-15(3)24)13-20-22(18,4)10-7-11-23(20,5)21(25)26-6/h8-9,12,14,19-20H,7,10-11,13H2,1-6H3/t19-,20+,22+,23+/m1/s1. The smallest absolute Gasteiger partial charge is 0.311 e. The highest BCUT2D eigenvalue weighted by Gasteiger charge is 2.57. The Morgan fingerprint density at radius 2 is 1.89 bits per heavy atom. The van der Waals surface area contributed by atoms with Crippen molar-refractivity contribution < 1.29 is 19.1 Å². The van der Waals surface area contributed by atoms with Crippen LogP contribution in [-0.2, 0) is 24.5 Å².